The van der Waals surface area contributed by atoms with Crippen molar-refractivity contribution in [1.29, 1.82) is 0 Å². The number of carboxylic acid groups (broad SMARTS) is 1. The summed E-state index contributed by atoms with van der Waals surface area (Å²) in [5.74, 6) is -0.570. The summed E-state index contributed by atoms with van der Waals surface area (Å²) in [5.41, 5.74) is 0. The lowest BCUT2D eigenvalue weighted by Gasteiger charge is -2.35. The summed E-state index contributed by atoms with van der Waals surface area (Å²) < 4.78 is 0. The van der Waals surface area contributed by atoms with E-state index < -0.39 is 12.0 Å². The van der Waals surface area contributed by atoms with Crippen LogP contribution in [-0.2, 0) is 9.59 Å². The molecule has 1 amide bonds. The highest BCUT2D eigenvalue weighted by molar-refractivity contribution is 5.91. The Kier molecular flexibility index (Phi) is 4.62. The third-order valence-corrected chi connectivity index (χ3v) is 3.42. The zero-order valence-electron chi connectivity index (χ0n) is 11.3. The number of amides is 1. The van der Waals surface area contributed by atoms with Gasteiger partial charge in [-0.3, -0.25) is 19.8 Å². The molecule has 2 rings (SSSR count). The van der Waals surface area contributed by atoms with E-state index in [2.05, 4.69) is 15.3 Å². The number of carboxylic acids is 1. The number of likely N-dealkylation sites (tertiary alicyclic amines) is 1. The number of anilines is 1. The second-order valence-electron chi connectivity index (χ2n) is 5.07. The molecule has 2 atom stereocenters. The Morgan fingerprint density at radius 1 is 1.45 bits per heavy atom. The van der Waals surface area contributed by atoms with Crippen molar-refractivity contribution >= 4 is 17.8 Å². The fourth-order valence-corrected chi connectivity index (χ4v) is 2.35. The molecular formula is C13H18N4O3. The number of carbonyl (C=O) groups is 2. The van der Waals surface area contributed by atoms with Crippen LogP contribution < -0.4 is 5.32 Å². The van der Waals surface area contributed by atoms with Gasteiger partial charge in [-0.2, -0.15) is 0 Å². The lowest BCUT2D eigenvalue weighted by molar-refractivity contribution is -0.145. The van der Waals surface area contributed by atoms with Gasteiger partial charge >= 0.3 is 5.97 Å². The maximum absolute atomic E-state index is 11.9. The van der Waals surface area contributed by atoms with Crippen LogP contribution in [0.1, 0.15) is 19.8 Å². The molecule has 1 aromatic rings. The second kappa shape index (κ2) is 6.42. The molecule has 0 aromatic carbocycles. The van der Waals surface area contributed by atoms with Crippen molar-refractivity contribution in [3.8, 4) is 0 Å². The van der Waals surface area contributed by atoms with E-state index in [1.807, 2.05) is 6.92 Å². The fourth-order valence-electron chi connectivity index (χ4n) is 2.35. The van der Waals surface area contributed by atoms with Crippen molar-refractivity contribution in [3.05, 3.63) is 18.5 Å². The summed E-state index contributed by atoms with van der Waals surface area (Å²) in [5, 5.41) is 11.8. The van der Waals surface area contributed by atoms with Crippen LogP contribution >= 0.6 is 0 Å². The zero-order chi connectivity index (χ0) is 14.5. The molecule has 1 aromatic heterocycles. The highest BCUT2D eigenvalue weighted by Gasteiger charge is 2.32. The van der Waals surface area contributed by atoms with Gasteiger partial charge in [0.25, 0.3) is 0 Å². The lowest BCUT2D eigenvalue weighted by Crippen LogP contribution is -2.49. The summed E-state index contributed by atoms with van der Waals surface area (Å²) in [4.78, 5) is 32.7. The maximum atomic E-state index is 11.9. The number of nitrogens with zero attached hydrogens (tertiary/aromatic N) is 3. The number of hydrogen-bond donors (Lipinski definition) is 2. The molecule has 1 fully saturated rings. The Morgan fingerprint density at radius 2 is 2.15 bits per heavy atom. The van der Waals surface area contributed by atoms with Crippen molar-refractivity contribution in [2.45, 2.75) is 25.8 Å². The summed E-state index contributed by atoms with van der Waals surface area (Å²) in [6.45, 7) is 2.69. The number of aliphatic carboxylic acids is 1. The Hall–Kier alpha value is -2.02. The molecule has 1 aliphatic rings. The molecule has 2 heterocycles. The van der Waals surface area contributed by atoms with Gasteiger partial charge < -0.3 is 5.11 Å². The number of rotatable bonds is 4. The van der Waals surface area contributed by atoms with E-state index in [0.29, 0.717) is 18.9 Å². The molecule has 7 heteroatoms. The summed E-state index contributed by atoms with van der Waals surface area (Å²) in [6.07, 6.45) is 4.54. The van der Waals surface area contributed by atoms with Gasteiger partial charge in [0.05, 0.1) is 6.54 Å². The molecule has 1 aliphatic heterocycles. The second-order valence-corrected chi connectivity index (χ2v) is 5.07. The van der Waals surface area contributed by atoms with Crippen LogP contribution in [0.2, 0.25) is 0 Å². The Balaban J connectivity index is 1.94. The minimum Gasteiger partial charge on any atom is -0.480 e. The van der Waals surface area contributed by atoms with E-state index >= 15 is 0 Å². The van der Waals surface area contributed by atoms with Crippen molar-refractivity contribution in [2.75, 3.05) is 18.4 Å². The van der Waals surface area contributed by atoms with E-state index in [-0.39, 0.29) is 18.4 Å². The molecule has 2 unspecified atom stereocenters. The van der Waals surface area contributed by atoms with Crippen molar-refractivity contribution in [2.24, 2.45) is 5.92 Å². The van der Waals surface area contributed by atoms with Gasteiger partial charge in [0.2, 0.25) is 11.9 Å². The fraction of sp³-hybridized carbons (Fsp3) is 0.538. The smallest absolute Gasteiger partial charge is 0.320 e. The van der Waals surface area contributed by atoms with Crippen molar-refractivity contribution in [1.82, 2.24) is 14.9 Å². The molecule has 0 saturated carbocycles. The highest BCUT2D eigenvalue weighted by atomic mass is 16.4. The Morgan fingerprint density at radius 3 is 2.80 bits per heavy atom. The first-order valence-corrected chi connectivity index (χ1v) is 6.60. The van der Waals surface area contributed by atoms with Crippen molar-refractivity contribution in [3.63, 3.8) is 0 Å². The maximum Gasteiger partial charge on any atom is 0.320 e. The molecule has 20 heavy (non-hydrogen) atoms. The summed E-state index contributed by atoms with van der Waals surface area (Å²) >= 11 is 0. The van der Waals surface area contributed by atoms with E-state index in [9.17, 15) is 14.7 Å². The molecule has 2 N–H and O–H groups in total. The SMILES string of the molecule is CC1CCN(CC(=O)Nc2ncccn2)C(C(=O)O)C1. The van der Waals surface area contributed by atoms with Crippen LogP contribution in [0.3, 0.4) is 0 Å². The predicted octanol–water partition coefficient (Wildman–Crippen LogP) is 0.600. The molecule has 0 spiro atoms. The first-order chi connectivity index (χ1) is 9.56. The first kappa shape index (κ1) is 14.4. The molecule has 7 nitrogen and oxygen atoms in total. The van der Waals surface area contributed by atoms with Gasteiger partial charge in [-0.1, -0.05) is 6.92 Å². The Bertz CT molecular complexity index is 480. The van der Waals surface area contributed by atoms with Crippen molar-refractivity contribution < 1.29 is 14.7 Å². The van der Waals surface area contributed by atoms with Crippen LogP contribution in [-0.4, -0.2) is 51.0 Å². The Labute approximate surface area is 117 Å². The zero-order valence-corrected chi connectivity index (χ0v) is 11.3. The normalized spacial score (nSPS) is 23.2. The number of piperidine rings is 1. The third kappa shape index (κ3) is 3.74. The quantitative estimate of drug-likeness (QED) is 0.837. The monoisotopic (exact) mass is 278 g/mol. The lowest BCUT2D eigenvalue weighted by atomic mass is 9.92. The third-order valence-electron chi connectivity index (χ3n) is 3.42. The van der Waals surface area contributed by atoms with Gasteiger partial charge in [-0.15, -0.1) is 0 Å². The van der Waals surface area contributed by atoms with E-state index in [0.717, 1.165) is 6.42 Å². The van der Waals surface area contributed by atoms with Crippen LogP contribution in [0.4, 0.5) is 5.95 Å². The molecule has 108 valence electrons. The van der Waals surface area contributed by atoms with E-state index in [1.54, 1.807) is 11.0 Å². The average Bonchev–Trinajstić information content (AvgIpc) is 2.41. The number of hydrogen-bond acceptors (Lipinski definition) is 5. The number of carbonyl (C=O) groups excluding carboxylic acids is 1. The van der Waals surface area contributed by atoms with Crippen LogP contribution in [0.5, 0.6) is 0 Å². The number of aromatic nitrogens is 2. The highest BCUT2D eigenvalue weighted by Crippen LogP contribution is 2.22. The van der Waals surface area contributed by atoms with Crippen LogP contribution in [0.25, 0.3) is 0 Å². The van der Waals surface area contributed by atoms with Gasteiger partial charge in [0.15, 0.2) is 0 Å². The molecule has 0 radical (unpaired) electrons. The minimum atomic E-state index is -0.875. The van der Waals surface area contributed by atoms with Crippen LogP contribution in [0.15, 0.2) is 18.5 Å². The summed E-state index contributed by atoms with van der Waals surface area (Å²) in [6, 6.07) is 1.06. The predicted molar refractivity (Wildman–Crippen MR) is 72.1 cm³/mol. The summed E-state index contributed by atoms with van der Waals surface area (Å²) in [7, 11) is 0. The average molecular weight is 278 g/mol. The van der Waals surface area contributed by atoms with Gasteiger partial charge in [0, 0.05) is 12.4 Å². The van der Waals surface area contributed by atoms with E-state index in [4.69, 9.17) is 0 Å². The topological polar surface area (TPSA) is 95.4 Å². The largest absolute Gasteiger partial charge is 0.480 e. The molecule has 1 saturated heterocycles. The van der Waals surface area contributed by atoms with Gasteiger partial charge in [-0.05, 0) is 31.4 Å². The number of nitrogens with one attached hydrogen (secondary N) is 1. The van der Waals surface area contributed by atoms with E-state index in [1.165, 1.54) is 12.4 Å². The molecular weight excluding hydrogens is 260 g/mol. The molecule has 0 aliphatic carbocycles. The van der Waals surface area contributed by atoms with Gasteiger partial charge in [0.1, 0.15) is 6.04 Å². The van der Waals surface area contributed by atoms with Crippen LogP contribution in [0, 0.1) is 5.92 Å². The standard InChI is InChI=1S/C13H18N4O3/c1-9-3-6-17(10(7-9)12(19)20)8-11(18)16-13-14-4-2-5-15-13/h2,4-5,9-10H,3,6-8H2,1H3,(H,19,20)(H,14,15,16,18). The van der Waals surface area contributed by atoms with Gasteiger partial charge in [-0.25, -0.2) is 9.97 Å². The first-order valence-electron chi connectivity index (χ1n) is 6.60. The molecule has 0 bridgehead atoms. The minimum absolute atomic E-state index is 0.0436.